The van der Waals surface area contributed by atoms with Gasteiger partial charge in [0.05, 0.1) is 0 Å². The van der Waals surface area contributed by atoms with E-state index < -0.39 is 0 Å². The molecule has 8 heteroatoms. The lowest BCUT2D eigenvalue weighted by Gasteiger charge is -2.35. The Hall–Kier alpha value is -2.66. The van der Waals surface area contributed by atoms with Gasteiger partial charge in [-0.1, -0.05) is 0 Å². The summed E-state index contributed by atoms with van der Waals surface area (Å²) in [7, 11) is 0. The average molecular weight is 311 g/mol. The van der Waals surface area contributed by atoms with Crippen LogP contribution >= 0.6 is 11.3 Å². The first-order valence-electron chi connectivity index (χ1n) is 6.98. The molecule has 1 saturated heterocycles. The van der Waals surface area contributed by atoms with Crippen molar-refractivity contribution in [3.05, 3.63) is 35.9 Å². The van der Waals surface area contributed by atoms with Crippen LogP contribution in [0.25, 0.3) is 4.96 Å². The standard InChI is InChI=1S/C14H13N7S/c15-9-11-13(18-14-21(11)7-8-22-14)20-5-3-19(4-6-20)12-1-2-16-10-17-12/h1-2,7-8,10H,3-6H2. The minimum atomic E-state index is 0.617. The number of fused-ring (bicyclic) bond motifs is 1. The molecule has 0 N–H and O–H groups in total. The number of piperazine rings is 1. The van der Waals surface area contributed by atoms with Gasteiger partial charge in [-0.2, -0.15) is 10.2 Å². The number of rotatable bonds is 2. The summed E-state index contributed by atoms with van der Waals surface area (Å²) in [5.74, 6) is 1.73. The molecule has 1 fully saturated rings. The van der Waals surface area contributed by atoms with Gasteiger partial charge in [-0.15, -0.1) is 11.3 Å². The van der Waals surface area contributed by atoms with Gasteiger partial charge in [-0.25, -0.2) is 9.97 Å². The molecule has 0 unspecified atom stereocenters. The first-order valence-corrected chi connectivity index (χ1v) is 7.86. The summed E-state index contributed by atoms with van der Waals surface area (Å²) >= 11 is 1.55. The first-order chi connectivity index (χ1) is 10.9. The molecule has 3 aromatic heterocycles. The van der Waals surface area contributed by atoms with Crippen molar-refractivity contribution in [1.29, 1.82) is 5.26 Å². The van der Waals surface area contributed by atoms with Crippen LogP contribution in [0.2, 0.25) is 0 Å². The highest BCUT2D eigenvalue weighted by molar-refractivity contribution is 7.15. The molecule has 0 amide bonds. The summed E-state index contributed by atoms with van der Waals surface area (Å²) in [5.41, 5.74) is 0.617. The molecular weight excluding hydrogens is 298 g/mol. The third kappa shape index (κ3) is 2.07. The van der Waals surface area contributed by atoms with E-state index in [-0.39, 0.29) is 0 Å². The van der Waals surface area contributed by atoms with Crippen LogP contribution in [0.3, 0.4) is 0 Å². The minimum absolute atomic E-state index is 0.617. The number of hydrogen-bond acceptors (Lipinski definition) is 7. The normalized spacial score (nSPS) is 15.2. The summed E-state index contributed by atoms with van der Waals surface area (Å²) in [6.07, 6.45) is 5.22. The van der Waals surface area contributed by atoms with Crippen LogP contribution in [0, 0.1) is 11.3 Å². The zero-order valence-corrected chi connectivity index (χ0v) is 12.6. The summed E-state index contributed by atoms with van der Waals surface area (Å²) in [5, 5.41) is 11.4. The number of nitrogens with zero attached hydrogens (tertiary/aromatic N) is 7. The predicted molar refractivity (Wildman–Crippen MR) is 84.2 cm³/mol. The van der Waals surface area contributed by atoms with E-state index in [4.69, 9.17) is 0 Å². The van der Waals surface area contributed by atoms with E-state index in [1.54, 1.807) is 23.9 Å². The number of nitriles is 1. The fourth-order valence-corrected chi connectivity index (χ4v) is 3.43. The number of anilines is 2. The van der Waals surface area contributed by atoms with Crippen molar-refractivity contribution in [3.63, 3.8) is 0 Å². The van der Waals surface area contributed by atoms with Crippen molar-refractivity contribution < 1.29 is 0 Å². The highest BCUT2D eigenvalue weighted by Gasteiger charge is 2.23. The highest BCUT2D eigenvalue weighted by atomic mass is 32.1. The third-order valence-electron chi connectivity index (χ3n) is 3.82. The van der Waals surface area contributed by atoms with Gasteiger partial charge in [0.1, 0.15) is 18.2 Å². The number of aromatic nitrogens is 4. The van der Waals surface area contributed by atoms with Gasteiger partial charge in [-0.3, -0.25) is 4.40 Å². The Morgan fingerprint density at radius 3 is 2.73 bits per heavy atom. The summed E-state index contributed by atoms with van der Waals surface area (Å²) < 4.78 is 1.86. The van der Waals surface area contributed by atoms with Gasteiger partial charge in [0.25, 0.3) is 0 Å². The van der Waals surface area contributed by atoms with Gasteiger partial charge in [0.2, 0.25) is 0 Å². The van der Waals surface area contributed by atoms with E-state index in [2.05, 4.69) is 30.8 Å². The van der Waals surface area contributed by atoms with Crippen molar-refractivity contribution in [2.45, 2.75) is 0 Å². The van der Waals surface area contributed by atoms with Crippen LogP contribution < -0.4 is 9.80 Å². The fraction of sp³-hybridized carbons (Fsp3) is 0.286. The molecule has 0 saturated carbocycles. The molecule has 110 valence electrons. The summed E-state index contributed by atoms with van der Waals surface area (Å²) in [6.45, 7) is 3.35. The quantitative estimate of drug-likeness (QED) is 0.712. The predicted octanol–water partition coefficient (Wildman–Crippen LogP) is 1.38. The van der Waals surface area contributed by atoms with Crippen molar-refractivity contribution in [3.8, 4) is 6.07 Å². The second kappa shape index (κ2) is 5.27. The van der Waals surface area contributed by atoms with Gasteiger partial charge < -0.3 is 9.80 Å². The molecule has 22 heavy (non-hydrogen) atoms. The van der Waals surface area contributed by atoms with Crippen LogP contribution in [0.1, 0.15) is 5.69 Å². The average Bonchev–Trinajstić information content (AvgIpc) is 3.16. The monoisotopic (exact) mass is 311 g/mol. The van der Waals surface area contributed by atoms with Gasteiger partial charge in [0, 0.05) is 44.0 Å². The molecule has 0 spiro atoms. The minimum Gasteiger partial charge on any atom is -0.353 e. The first kappa shape index (κ1) is 13.0. The second-order valence-electron chi connectivity index (χ2n) is 4.99. The van der Waals surface area contributed by atoms with Crippen LogP contribution in [0.5, 0.6) is 0 Å². The zero-order valence-electron chi connectivity index (χ0n) is 11.8. The Kier molecular flexibility index (Phi) is 3.12. The molecule has 0 aromatic carbocycles. The number of imidazole rings is 1. The maximum atomic E-state index is 9.42. The summed E-state index contributed by atoms with van der Waals surface area (Å²) in [6, 6.07) is 4.20. The second-order valence-corrected chi connectivity index (χ2v) is 5.87. The van der Waals surface area contributed by atoms with Crippen LogP contribution in [0.15, 0.2) is 30.2 Å². The largest absolute Gasteiger partial charge is 0.353 e. The van der Waals surface area contributed by atoms with Crippen LogP contribution in [0.4, 0.5) is 11.6 Å². The lowest BCUT2D eigenvalue weighted by molar-refractivity contribution is 0.641. The van der Waals surface area contributed by atoms with E-state index in [0.29, 0.717) is 5.69 Å². The van der Waals surface area contributed by atoms with E-state index in [9.17, 15) is 5.26 Å². The van der Waals surface area contributed by atoms with Gasteiger partial charge in [-0.05, 0) is 6.07 Å². The Labute approximate surface area is 131 Å². The molecule has 0 radical (unpaired) electrons. The topological polar surface area (TPSA) is 73.3 Å². The maximum absolute atomic E-state index is 9.42. The van der Waals surface area contributed by atoms with Crippen LogP contribution in [-0.2, 0) is 0 Å². The fourth-order valence-electron chi connectivity index (χ4n) is 2.72. The Morgan fingerprint density at radius 1 is 1.18 bits per heavy atom. The van der Waals surface area contributed by atoms with E-state index in [1.807, 2.05) is 22.0 Å². The molecule has 1 aliphatic rings. The lowest BCUT2D eigenvalue weighted by atomic mass is 10.3. The molecule has 3 aromatic rings. The van der Waals surface area contributed by atoms with Crippen LogP contribution in [-0.4, -0.2) is 45.5 Å². The molecule has 0 atom stereocenters. The van der Waals surface area contributed by atoms with Crippen molar-refractivity contribution in [2.24, 2.45) is 0 Å². The maximum Gasteiger partial charge on any atom is 0.196 e. The molecule has 0 aliphatic carbocycles. The zero-order chi connectivity index (χ0) is 14.9. The third-order valence-corrected chi connectivity index (χ3v) is 4.58. The van der Waals surface area contributed by atoms with E-state index in [1.165, 1.54) is 0 Å². The molecule has 7 nitrogen and oxygen atoms in total. The SMILES string of the molecule is N#Cc1c(N2CCN(c3ccncn3)CC2)nc2sccn12. The lowest BCUT2D eigenvalue weighted by Crippen LogP contribution is -2.47. The molecular formula is C14H13N7S. The van der Waals surface area contributed by atoms with E-state index >= 15 is 0 Å². The highest BCUT2D eigenvalue weighted by Crippen LogP contribution is 2.25. The smallest absolute Gasteiger partial charge is 0.196 e. The van der Waals surface area contributed by atoms with E-state index in [0.717, 1.165) is 42.8 Å². The Bertz CT molecular complexity index is 824. The summed E-state index contributed by atoms with van der Waals surface area (Å²) in [4.78, 5) is 18.1. The van der Waals surface area contributed by atoms with Crippen molar-refractivity contribution in [1.82, 2.24) is 19.4 Å². The Balaban J connectivity index is 1.56. The van der Waals surface area contributed by atoms with Crippen molar-refractivity contribution >= 4 is 27.9 Å². The molecule has 4 heterocycles. The molecule has 1 aliphatic heterocycles. The van der Waals surface area contributed by atoms with Gasteiger partial charge >= 0.3 is 0 Å². The molecule has 4 rings (SSSR count). The van der Waals surface area contributed by atoms with Gasteiger partial charge in [0.15, 0.2) is 16.5 Å². The van der Waals surface area contributed by atoms with Crippen molar-refractivity contribution in [2.75, 3.05) is 36.0 Å². The molecule has 0 bridgehead atoms. The number of hydrogen-bond donors (Lipinski definition) is 0. The number of thiazole rings is 1. The Morgan fingerprint density at radius 2 is 2.00 bits per heavy atom.